The third-order valence-electron chi connectivity index (χ3n) is 3.48. The topological polar surface area (TPSA) is 66.6 Å². The summed E-state index contributed by atoms with van der Waals surface area (Å²) in [5.74, 6) is 1.06. The zero-order valence-corrected chi connectivity index (χ0v) is 14.6. The van der Waals surface area contributed by atoms with Crippen LogP contribution >= 0.6 is 15.9 Å². The van der Waals surface area contributed by atoms with Crippen LogP contribution in [0.1, 0.15) is 11.4 Å². The molecule has 0 spiro atoms. The number of aliphatic imine (C=N–C) groups is 1. The molecule has 6 nitrogen and oxygen atoms in total. The van der Waals surface area contributed by atoms with Crippen LogP contribution < -0.4 is 10.6 Å². The summed E-state index contributed by atoms with van der Waals surface area (Å²) in [4.78, 5) is 4.14. The maximum atomic E-state index is 13.8. The predicted octanol–water partition coefficient (Wildman–Crippen LogP) is 2.50. The molecule has 0 amide bonds. The quantitative estimate of drug-likeness (QED) is 0.530. The summed E-state index contributed by atoms with van der Waals surface area (Å²) in [5, 5.41) is 14.5. The first-order chi connectivity index (χ1) is 11.7. The summed E-state index contributed by atoms with van der Waals surface area (Å²) in [7, 11) is 1.66. The van der Waals surface area contributed by atoms with Gasteiger partial charge in [0.1, 0.15) is 5.82 Å². The van der Waals surface area contributed by atoms with Gasteiger partial charge in [0.2, 0.25) is 0 Å². The molecule has 0 radical (unpaired) electrons. The van der Waals surface area contributed by atoms with E-state index in [4.69, 9.17) is 0 Å². The Hall–Kier alpha value is -2.48. The Balaban J connectivity index is 1.62. The van der Waals surface area contributed by atoms with Crippen molar-refractivity contribution in [2.24, 2.45) is 4.99 Å². The van der Waals surface area contributed by atoms with E-state index < -0.39 is 0 Å². The third-order valence-corrected chi connectivity index (χ3v) is 3.97. The maximum Gasteiger partial charge on any atom is 0.191 e. The minimum atomic E-state index is -0.260. The van der Waals surface area contributed by atoms with Crippen LogP contribution in [0.3, 0.4) is 0 Å². The monoisotopic (exact) mass is 390 g/mol. The first-order valence-corrected chi connectivity index (χ1v) is 8.14. The van der Waals surface area contributed by atoms with E-state index in [1.54, 1.807) is 19.2 Å². The average molecular weight is 391 g/mol. The largest absolute Gasteiger partial charge is 0.352 e. The Labute approximate surface area is 147 Å². The molecule has 124 valence electrons. The van der Waals surface area contributed by atoms with Gasteiger partial charge in [-0.15, -0.1) is 10.2 Å². The zero-order chi connectivity index (χ0) is 16.9. The van der Waals surface area contributed by atoms with Crippen molar-refractivity contribution in [1.82, 2.24) is 25.2 Å². The van der Waals surface area contributed by atoms with Crippen molar-refractivity contribution in [2.75, 3.05) is 7.05 Å². The summed E-state index contributed by atoms with van der Waals surface area (Å²) in [5.41, 5.74) is 1.34. The van der Waals surface area contributed by atoms with Gasteiger partial charge in [-0.1, -0.05) is 22.0 Å². The fraction of sp³-hybridized carbons (Fsp3) is 0.188. The molecular weight excluding hydrogens is 375 g/mol. The normalized spacial score (nSPS) is 11.7. The second kappa shape index (κ2) is 7.39. The molecule has 0 atom stereocenters. The molecule has 3 aromatic rings. The van der Waals surface area contributed by atoms with E-state index in [2.05, 4.69) is 41.8 Å². The highest BCUT2D eigenvalue weighted by Gasteiger charge is 2.07. The fourth-order valence-corrected chi connectivity index (χ4v) is 2.66. The van der Waals surface area contributed by atoms with Gasteiger partial charge in [0.05, 0.1) is 6.54 Å². The van der Waals surface area contributed by atoms with Crippen molar-refractivity contribution < 1.29 is 4.39 Å². The van der Waals surface area contributed by atoms with Gasteiger partial charge in [-0.3, -0.25) is 9.39 Å². The van der Waals surface area contributed by atoms with Crippen LogP contribution in [-0.2, 0) is 13.1 Å². The summed E-state index contributed by atoms with van der Waals surface area (Å²) in [6, 6.07) is 10.6. The van der Waals surface area contributed by atoms with Gasteiger partial charge >= 0.3 is 0 Å². The molecule has 1 aromatic carbocycles. The average Bonchev–Trinajstić information content (AvgIpc) is 3.01. The Morgan fingerprint density at radius 3 is 2.88 bits per heavy atom. The smallest absolute Gasteiger partial charge is 0.191 e. The summed E-state index contributed by atoms with van der Waals surface area (Å²) >= 11 is 3.34. The van der Waals surface area contributed by atoms with E-state index in [1.807, 2.05) is 28.8 Å². The molecule has 2 N–H and O–H groups in total. The summed E-state index contributed by atoms with van der Waals surface area (Å²) in [6.45, 7) is 0.775. The first-order valence-electron chi connectivity index (χ1n) is 7.34. The number of nitrogens with zero attached hydrogens (tertiary/aromatic N) is 4. The molecule has 0 bridgehead atoms. The minimum absolute atomic E-state index is 0.260. The van der Waals surface area contributed by atoms with Crippen molar-refractivity contribution in [3.63, 3.8) is 0 Å². The number of hydrogen-bond acceptors (Lipinski definition) is 3. The number of guanidine groups is 1. The van der Waals surface area contributed by atoms with Crippen LogP contribution in [0.25, 0.3) is 5.65 Å². The van der Waals surface area contributed by atoms with E-state index in [1.165, 1.54) is 6.07 Å². The van der Waals surface area contributed by atoms with Crippen LogP contribution in [-0.4, -0.2) is 27.6 Å². The van der Waals surface area contributed by atoms with Gasteiger partial charge in [0, 0.05) is 29.8 Å². The molecule has 8 heteroatoms. The lowest BCUT2D eigenvalue weighted by molar-refractivity contribution is 0.604. The van der Waals surface area contributed by atoms with Crippen LogP contribution in [0.15, 0.2) is 52.1 Å². The number of aromatic nitrogens is 3. The molecule has 24 heavy (non-hydrogen) atoms. The number of rotatable bonds is 4. The van der Waals surface area contributed by atoms with E-state index in [9.17, 15) is 4.39 Å². The Morgan fingerprint density at radius 2 is 2.04 bits per heavy atom. The lowest BCUT2D eigenvalue weighted by Crippen LogP contribution is -2.37. The van der Waals surface area contributed by atoms with E-state index in [0.717, 1.165) is 15.9 Å². The molecule has 0 unspecified atom stereocenters. The Bertz CT molecular complexity index is 876. The van der Waals surface area contributed by atoms with Crippen LogP contribution in [0.4, 0.5) is 4.39 Å². The molecule has 0 fully saturated rings. The van der Waals surface area contributed by atoms with Crippen molar-refractivity contribution in [3.05, 3.63) is 64.3 Å². The van der Waals surface area contributed by atoms with Gasteiger partial charge < -0.3 is 10.6 Å². The minimum Gasteiger partial charge on any atom is -0.352 e. The molecule has 0 saturated carbocycles. The zero-order valence-electron chi connectivity index (χ0n) is 13.0. The molecule has 2 heterocycles. The van der Waals surface area contributed by atoms with E-state index in [-0.39, 0.29) is 5.82 Å². The number of nitrogens with one attached hydrogen (secondary N) is 2. The van der Waals surface area contributed by atoms with Gasteiger partial charge in [-0.2, -0.15) is 0 Å². The Kier molecular flexibility index (Phi) is 5.05. The number of pyridine rings is 1. The van der Waals surface area contributed by atoms with Gasteiger partial charge in [-0.25, -0.2) is 4.39 Å². The standard InChI is InChI=1S/C16H16BrFN6/c1-19-16(20-9-11-8-12(17)5-6-13(11)18)21-10-15-23-22-14-4-2-3-7-24(14)15/h2-8H,9-10H2,1H3,(H2,19,20,21). The molecule has 2 aromatic heterocycles. The van der Waals surface area contributed by atoms with Gasteiger partial charge in [-0.05, 0) is 30.3 Å². The highest BCUT2D eigenvalue weighted by Crippen LogP contribution is 2.15. The SMILES string of the molecule is CN=C(NCc1cc(Br)ccc1F)NCc1nnc2ccccn12. The highest BCUT2D eigenvalue weighted by atomic mass is 79.9. The van der Waals surface area contributed by atoms with Gasteiger partial charge in [0.25, 0.3) is 0 Å². The van der Waals surface area contributed by atoms with Crippen molar-refractivity contribution in [1.29, 1.82) is 0 Å². The fourth-order valence-electron chi connectivity index (χ4n) is 2.25. The molecule has 0 aliphatic rings. The molecule has 0 aliphatic carbocycles. The number of halogens is 2. The van der Waals surface area contributed by atoms with Crippen molar-refractivity contribution in [2.45, 2.75) is 13.1 Å². The third kappa shape index (κ3) is 3.70. The van der Waals surface area contributed by atoms with Crippen LogP contribution in [0, 0.1) is 5.82 Å². The number of hydrogen-bond donors (Lipinski definition) is 2. The van der Waals surface area contributed by atoms with Gasteiger partial charge in [0.15, 0.2) is 17.4 Å². The molecule has 0 aliphatic heterocycles. The summed E-state index contributed by atoms with van der Waals surface area (Å²) in [6.07, 6.45) is 1.90. The van der Waals surface area contributed by atoms with Crippen molar-refractivity contribution >= 4 is 27.5 Å². The maximum absolute atomic E-state index is 13.8. The Morgan fingerprint density at radius 1 is 1.21 bits per heavy atom. The molecule has 0 saturated heterocycles. The number of fused-ring (bicyclic) bond motifs is 1. The molecule has 3 rings (SSSR count). The predicted molar refractivity (Wildman–Crippen MR) is 94.1 cm³/mol. The second-order valence-corrected chi connectivity index (χ2v) is 5.98. The lowest BCUT2D eigenvalue weighted by Gasteiger charge is -2.12. The molecular formula is C16H16BrFN6. The lowest BCUT2D eigenvalue weighted by atomic mass is 10.2. The highest BCUT2D eigenvalue weighted by molar-refractivity contribution is 9.10. The van der Waals surface area contributed by atoms with Crippen LogP contribution in [0.5, 0.6) is 0 Å². The van der Waals surface area contributed by atoms with Crippen molar-refractivity contribution in [3.8, 4) is 0 Å². The van der Waals surface area contributed by atoms with E-state index >= 15 is 0 Å². The number of benzene rings is 1. The van der Waals surface area contributed by atoms with E-state index in [0.29, 0.717) is 24.6 Å². The second-order valence-electron chi connectivity index (χ2n) is 5.06. The summed E-state index contributed by atoms with van der Waals surface area (Å²) < 4.78 is 16.5. The first kappa shape index (κ1) is 16.4. The van der Waals surface area contributed by atoms with Crippen LogP contribution in [0.2, 0.25) is 0 Å².